The molecule has 4 aromatic carbocycles. The third-order valence-electron chi connectivity index (χ3n) is 7.36. The lowest BCUT2D eigenvalue weighted by molar-refractivity contribution is -0.140. The summed E-state index contributed by atoms with van der Waals surface area (Å²) in [6, 6.07) is 31.6. The van der Waals surface area contributed by atoms with Crippen LogP contribution in [0.4, 0.5) is 5.69 Å². The Bertz CT molecular complexity index is 1620. The summed E-state index contributed by atoms with van der Waals surface area (Å²) in [7, 11) is -4.12. The van der Waals surface area contributed by atoms with Crippen LogP contribution in [-0.4, -0.2) is 44.3 Å². The smallest absolute Gasteiger partial charge is 0.264 e. The van der Waals surface area contributed by atoms with E-state index in [9.17, 15) is 18.0 Å². The third kappa shape index (κ3) is 8.57. The molecule has 0 aliphatic heterocycles. The van der Waals surface area contributed by atoms with Crippen molar-refractivity contribution < 1.29 is 18.0 Å². The van der Waals surface area contributed by atoms with Crippen LogP contribution in [0.3, 0.4) is 0 Å². The lowest BCUT2D eigenvalue weighted by Gasteiger charge is -2.34. The molecule has 0 spiro atoms. The van der Waals surface area contributed by atoms with Gasteiger partial charge in [-0.15, -0.1) is 0 Å². The fourth-order valence-corrected chi connectivity index (χ4v) is 6.24. The number of carbonyl (C=O) groups excluding carboxylic acids is 2. The van der Waals surface area contributed by atoms with E-state index in [0.29, 0.717) is 12.2 Å². The molecule has 0 bridgehead atoms. The van der Waals surface area contributed by atoms with Gasteiger partial charge in [0.25, 0.3) is 10.0 Å². The van der Waals surface area contributed by atoms with Crippen LogP contribution in [0.25, 0.3) is 0 Å². The number of aryl methyl sites for hydroxylation is 2. The largest absolute Gasteiger partial charge is 0.354 e. The van der Waals surface area contributed by atoms with E-state index in [1.54, 1.807) is 54.6 Å². The Morgan fingerprint density at radius 1 is 0.727 bits per heavy atom. The molecule has 0 fully saturated rings. The van der Waals surface area contributed by atoms with Gasteiger partial charge in [0.2, 0.25) is 11.8 Å². The molecule has 2 amide bonds. The molecule has 0 aromatic heterocycles. The molecule has 230 valence electrons. The fraction of sp³-hybridized carbons (Fsp3) is 0.278. The Balaban J connectivity index is 1.77. The molecule has 44 heavy (non-hydrogen) atoms. The van der Waals surface area contributed by atoms with Crippen molar-refractivity contribution in [3.63, 3.8) is 0 Å². The standard InChI is InChI=1S/C36H41N3O4S/c1-27(2)24-37-36(41)34(23-30-11-7-5-8-12-30)38(25-31-19-15-28(3)16-20-31)35(40)26-39(32-13-9-6-10-14-32)44(42,43)33-21-17-29(4)18-22-33/h5-22,27,34H,23-26H2,1-4H3,(H,37,41)/t34-/m0/s1. The predicted molar refractivity (Wildman–Crippen MR) is 176 cm³/mol. The highest BCUT2D eigenvalue weighted by Crippen LogP contribution is 2.25. The van der Waals surface area contributed by atoms with Crippen molar-refractivity contribution in [3.05, 3.63) is 131 Å². The zero-order chi connectivity index (χ0) is 31.7. The summed E-state index contributed by atoms with van der Waals surface area (Å²) in [5.41, 5.74) is 4.09. The first-order chi connectivity index (χ1) is 21.0. The Morgan fingerprint density at radius 3 is 1.84 bits per heavy atom. The number of hydrogen-bond donors (Lipinski definition) is 1. The summed E-state index contributed by atoms with van der Waals surface area (Å²) in [6.07, 6.45) is 0.276. The van der Waals surface area contributed by atoms with Crippen molar-refractivity contribution in [2.45, 2.75) is 51.6 Å². The van der Waals surface area contributed by atoms with Crippen LogP contribution in [0, 0.1) is 19.8 Å². The van der Waals surface area contributed by atoms with Crippen molar-refractivity contribution in [2.24, 2.45) is 5.92 Å². The number of amides is 2. The number of hydrogen-bond acceptors (Lipinski definition) is 4. The van der Waals surface area contributed by atoms with E-state index in [-0.39, 0.29) is 29.7 Å². The molecule has 8 heteroatoms. The summed E-state index contributed by atoms with van der Waals surface area (Å²) in [5, 5.41) is 3.01. The number of anilines is 1. The molecule has 0 saturated carbocycles. The van der Waals surface area contributed by atoms with Crippen LogP contribution < -0.4 is 9.62 Å². The number of nitrogens with zero attached hydrogens (tertiary/aromatic N) is 2. The number of benzene rings is 4. The fourth-order valence-electron chi connectivity index (χ4n) is 4.83. The lowest BCUT2D eigenvalue weighted by Crippen LogP contribution is -2.53. The second-order valence-electron chi connectivity index (χ2n) is 11.5. The number of sulfonamides is 1. The first-order valence-corrected chi connectivity index (χ1v) is 16.3. The van der Waals surface area contributed by atoms with Crippen molar-refractivity contribution in [1.29, 1.82) is 0 Å². The number of nitrogens with one attached hydrogen (secondary N) is 1. The van der Waals surface area contributed by atoms with E-state index >= 15 is 0 Å². The van der Waals surface area contributed by atoms with E-state index in [2.05, 4.69) is 5.32 Å². The van der Waals surface area contributed by atoms with Gasteiger partial charge < -0.3 is 10.2 Å². The highest BCUT2D eigenvalue weighted by atomic mass is 32.2. The maximum Gasteiger partial charge on any atom is 0.264 e. The predicted octanol–water partition coefficient (Wildman–Crippen LogP) is 5.91. The van der Waals surface area contributed by atoms with Crippen LogP contribution in [0.5, 0.6) is 0 Å². The number of carbonyl (C=O) groups is 2. The molecule has 0 saturated heterocycles. The van der Waals surface area contributed by atoms with E-state index in [1.165, 1.54) is 4.90 Å². The molecule has 4 rings (SSSR count). The summed E-state index contributed by atoms with van der Waals surface area (Å²) in [4.78, 5) is 29.9. The van der Waals surface area contributed by atoms with E-state index in [0.717, 1.165) is 26.6 Å². The molecule has 0 radical (unpaired) electrons. The van der Waals surface area contributed by atoms with Gasteiger partial charge in [-0.05, 0) is 55.2 Å². The average molecular weight is 612 g/mol. The van der Waals surface area contributed by atoms with Crippen molar-refractivity contribution >= 4 is 27.5 Å². The van der Waals surface area contributed by atoms with Crippen LogP contribution in [-0.2, 0) is 32.6 Å². The zero-order valence-corrected chi connectivity index (χ0v) is 26.6. The summed E-state index contributed by atoms with van der Waals surface area (Å²) < 4.78 is 29.2. The molecule has 1 N–H and O–H groups in total. The molecule has 0 aliphatic carbocycles. The van der Waals surface area contributed by atoms with Crippen molar-refractivity contribution in [1.82, 2.24) is 10.2 Å². The van der Waals surface area contributed by atoms with Gasteiger partial charge in [-0.2, -0.15) is 0 Å². The van der Waals surface area contributed by atoms with Gasteiger partial charge in [0.1, 0.15) is 12.6 Å². The summed E-state index contributed by atoms with van der Waals surface area (Å²) in [6.45, 7) is 8.00. The molecule has 4 aromatic rings. The molecule has 0 aliphatic rings. The molecule has 1 atom stereocenters. The Morgan fingerprint density at radius 2 is 1.27 bits per heavy atom. The first kappa shape index (κ1) is 32.5. The van der Waals surface area contributed by atoms with Gasteiger partial charge in [0.15, 0.2) is 0 Å². The monoisotopic (exact) mass is 611 g/mol. The summed E-state index contributed by atoms with van der Waals surface area (Å²) in [5.74, 6) is -0.549. The second-order valence-corrected chi connectivity index (χ2v) is 13.4. The molecular weight excluding hydrogens is 570 g/mol. The summed E-state index contributed by atoms with van der Waals surface area (Å²) >= 11 is 0. The molecule has 0 unspecified atom stereocenters. The second kappa shape index (κ2) is 14.8. The Labute approximate surface area is 261 Å². The van der Waals surface area contributed by atoms with Gasteiger partial charge in [0.05, 0.1) is 10.6 Å². The maximum atomic E-state index is 14.4. The Kier molecular flexibility index (Phi) is 11.0. The minimum Gasteiger partial charge on any atom is -0.354 e. The quantitative estimate of drug-likeness (QED) is 0.204. The highest BCUT2D eigenvalue weighted by Gasteiger charge is 2.34. The van der Waals surface area contributed by atoms with Gasteiger partial charge in [-0.25, -0.2) is 8.42 Å². The third-order valence-corrected chi connectivity index (χ3v) is 9.15. The van der Waals surface area contributed by atoms with E-state index in [4.69, 9.17) is 0 Å². The topological polar surface area (TPSA) is 86.8 Å². The van der Waals surface area contributed by atoms with Crippen LogP contribution in [0.1, 0.15) is 36.1 Å². The highest BCUT2D eigenvalue weighted by molar-refractivity contribution is 7.92. The zero-order valence-electron chi connectivity index (χ0n) is 25.8. The SMILES string of the molecule is Cc1ccc(CN(C(=O)CN(c2ccccc2)S(=O)(=O)c2ccc(C)cc2)[C@@H](Cc2ccccc2)C(=O)NCC(C)C)cc1. The maximum absolute atomic E-state index is 14.4. The molecule has 0 heterocycles. The van der Waals surface area contributed by atoms with Crippen LogP contribution >= 0.6 is 0 Å². The minimum absolute atomic E-state index is 0.0837. The number of para-hydroxylation sites is 1. The van der Waals surface area contributed by atoms with Gasteiger partial charge in [0, 0.05) is 19.5 Å². The normalized spacial score (nSPS) is 12.0. The minimum atomic E-state index is -4.12. The number of rotatable bonds is 13. The van der Waals surface area contributed by atoms with Crippen molar-refractivity contribution in [3.8, 4) is 0 Å². The lowest BCUT2D eigenvalue weighted by atomic mass is 10.0. The molecule has 7 nitrogen and oxygen atoms in total. The van der Waals surface area contributed by atoms with Gasteiger partial charge in [-0.3, -0.25) is 13.9 Å². The van der Waals surface area contributed by atoms with Gasteiger partial charge in [-0.1, -0.05) is 110 Å². The average Bonchev–Trinajstić information content (AvgIpc) is 3.02. The van der Waals surface area contributed by atoms with Crippen molar-refractivity contribution in [2.75, 3.05) is 17.4 Å². The van der Waals surface area contributed by atoms with E-state index < -0.39 is 28.5 Å². The van der Waals surface area contributed by atoms with Crippen LogP contribution in [0.15, 0.2) is 114 Å². The first-order valence-electron chi connectivity index (χ1n) is 14.9. The van der Waals surface area contributed by atoms with E-state index in [1.807, 2.05) is 82.3 Å². The molecular formula is C36H41N3O4S. The van der Waals surface area contributed by atoms with Gasteiger partial charge >= 0.3 is 0 Å². The van der Waals surface area contributed by atoms with Crippen LogP contribution in [0.2, 0.25) is 0 Å². The Hall–Kier alpha value is -4.43.